The van der Waals surface area contributed by atoms with Crippen molar-refractivity contribution in [1.82, 2.24) is 4.98 Å². The van der Waals surface area contributed by atoms with Crippen LogP contribution < -0.4 is 15.2 Å². The molecule has 0 fully saturated rings. The van der Waals surface area contributed by atoms with Gasteiger partial charge in [-0.3, -0.25) is 19.3 Å². The molecule has 0 saturated heterocycles. The fraction of sp³-hybridized carbons (Fsp3) is 0.229. The quantitative estimate of drug-likeness (QED) is 0.218. The predicted molar refractivity (Wildman–Crippen MR) is 171 cm³/mol. The van der Waals surface area contributed by atoms with Crippen molar-refractivity contribution >= 4 is 50.9 Å². The molecule has 2 amide bonds. The number of carbonyl (C=O) groups is 3. The highest BCUT2D eigenvalue weighted by molar-refractivity contribution is 7.17. The van der Waals surface area contributed by atoms with Gasteiger partial charge in [-0.2, -0.15) is 0 Å². The number of fused-ring (bicyclic) bond motifs is 5. The van der Waals surface area contributed by atoms with Gasteiger partial charge in [0.2, 0.25) is 5.76 Å². The van der Waals surface area contributed by atoms with Gasteiger partial charge in [-0.25, -0.2) is 9.78 Å². The summed E-state index contributed by atoms with van der Waals surface area (Å²) in [5, 5.41) is 0.360. The Balaban J connectivity index is 1.54. The van der Waals surface area contributed by atoms with Gasteiger partial charge >= 0.3 is 5.97 Å². The minimum Gasteiger partial charge on any atom is -0.462 e. The highest BCUT2D eigenvalue weighted by Crippen LogP contribution is 2.55. The zero-order valence-electron chi connectivity index (χ0n) is 25.4. The van der Waals surface area contributed by atoms with Crippen LogP contribution in [0, 0.1) is 27.7 Å². The SMILES string of the molecule is CCOC(=O)c1sc(N2C(=O)c3oc4cc(C)c(C)cc4c(=O)c3C23C(=O)N(Cc2cccc(C)c2)c2ccccc23)nc1C. The molecule has 0 aliphatic carbocycles. The summed E-state index contributed by atoms with van der Waals surface area (Å²) < 4.78 is 11.5. The number of amides is 2. The number of rotatable bonds is 5. The number of nitrogens with zero attached hydrogens (tertiary/aromatic N) is 3. The topological polar surface area (TPSA) is 110 Å². The van der Waals surface area contributed by atoms with Crippen molar-refractivity contribution in [1.29, 1.82) is 0 Å². The Hall–Kier alpha value is -5.09. The third-order valence-electron chi connectivity index (χ3n) is 8.60. The minimum absolute atomic E-state index is 0.0574. The summed E-state index contributed by atoms with van der Waals surface area (Å²) in [4.78, 5) is 64.8. The first kappa shape index (κ1) is 28.7. The molecule has 0 bridgehead atoms. The van der Waals surface area contributed by atoms with Gasteiger partial charge in [-0.05, 0) is 69.5 Å². The van der Waals surface area contributed by atoms with Crippen molar-refractivity contribution in [2.24, 2.45) is 0 Å². The van der Waals surface area contributed by atoms with E-state index in [-0.39, 0.29) is 45.5 Å². The first-order valence-corrected chi connectivity index (χ1v) is 15.4. The Morgan fingerprint density at radius 2 is 1.73 bits per heavy atom. The van der Waals surface area contributed by atoms with E-state index in [0.717, 1.165) is 33.6 Å². The highest BCUT2D eigenvalue weighted by Gasteiger charge is 2.66. The predicted octanol–water partition coefficient (Wildman–Crippen LogP) is 6.11. The molecule has 4 heterocycles. The number of carbonyl (C=O) groups excluding carboxylic acids is 3. The minimum atomic E-state index is -1.92. The zero-order chi connectivity index (χ0) is 31.8. The fourth-order valence-electron chi connectivity index (χ4n) is 6.43. The molecule has 2 aliphatic heterocycles. The number of anilines is 2. The standard InChI is InChI=1S/C35H29N3O6S/c1-6-43-32(41)30-21(5)36-34(45-30)38-31(40)29-27(28(39)23-15-19(3)20(4)16-26(23)44-29)35(38)24-12-7-8-13-25(24)37(33(35)42)17-22-11-9-10-18(2)14-22/h7-16H,6,17H2,1-5H3. The van der Waals surface area contributed by atoms with Gasteiger partial charge in [0.1, 0.15) is 10.5 Å². The van der Waals surface area contributed by atoms with Gasteiger partial charge in [0.05, 0.1) is 35.5 Å². The molecular weight excluding hydrogens is 590 g/mol. The second kappa shape index (κ2) is 10.2. The summed E-state index contributed by atoms with van der Waals surface area (Å²) in [5.74, 6) is -1.98. The van der Waals surface area contributed by atoms with Crippen LogP contribution >= 0.6 is 11.3 Å². The molecule has 0 N–H and O–H groups in total. The van der Waals surface area contributed by atoms with E-state index in [9.17, 15) is 14.4 Å². The second-order valence-electron chi connectivity index (χ2n) is 11.4. The van der Waals surface area contributed by atoms with Crippen molar-refractivity contribution in [3.05, 3.63) is 121 Å². The van der Waals surface area contributed by atoms with Gasteiger partial charge in [0.15, 0.2) is 16.1 Å². The molecule has 10 heteroatoms. The summed E-state index contributed by atoms with van der Waals surface area (Å²) >= 11 is 0.944. The Labute approximate surface area is 262 Å². The van der Waals surface area contributed by atoms with Gasteiger partial charge in [-0.15, -0.1) is 0 Å². The first-order chi connectivity index (χ1) is 21.6. The van der Waals surface area contributed by atoms with Crippen LogP contribution in [0.2, 0.25) is 0 Å². The van der Waals surface area contributed by atoms with Crippen molar-refractivity contribution in [2.75, 3.05) is 16.4 Å². The van der Waals surface area contributed by atoms with E-state index in [0.29, 0.717) is 16.9 Å². The average Bonchev–Trinajstić information content (AvgIpc) is 3.59. The van der Waals surface area contributed by atoms with Crippen molar-refractivity contribution in [2.45, 2.75) is 46.7 Å². The van der Waals surface area contributed by atoms with Crippen molar-refractivity contribution in [3.63, 3.8) is 0 Å². The maximum Gasteiger partial charge on any atom is 0.350 e. The van der Waals surface area contributed by atoms with E-state index in [1.807, 2.05) is 57.2 Å². The van der Waals surface area contributed by atoms with E-state index in [1.165, 1.54) is 4.90 Å². The Kier molecular flexibility index (Phi) is 6.52. The number of hydrogen-bond donors (Lipinski definition) is 0. The smallest absolute Gasteiger partial charge is 0.350 e. The van der Waals surface area contributed by atoms with E-state index >= 15 is 4.79 Å². The van der Waals surface area contributed by atoms with Crippen LogP contribution in [0.15, 0.2) is 69.9 Å². The first-order valence-electron chi connectivity index (χ1n) is 14.6. The molecule has 7 rings (SSSR count). The van der Waals surface area contributed by atoms with E-state index in [4.69, 9.17) is 9.15 Å². The lowest BCUT2D eigenvalue weighted by Gasteiger charge is -2.32. The van der Waals surface area contributed by atoms with Crippen LogP contribution in [-0.4, -0.2) is 29.4 Å². The molecule has 45 heavy (non-hydrogen) atoms. The van der Waals surface area contributed by atoms with Crippen LogP contribution in [0.5, 0.6) is 0 Å². The lowest BCUT2D eigenvalue weighted by atomic mass is 9.84. The molecule has 226 valence electrons. The molecule has 1 atom stereocenters. The van der Waals surface area contributed by atoms with Crippen molar-refractivity contribution in [3.8, 4) is 0 Å². The maximum atomic E-state index is 15.1. The maximum absolute atomic E-state index is 15.1. The summed E-state index contributed by atoms with van der Waals surface area (Å²) in [6.45, 7) is 9.48. The number of ether oxygens (including phenoxy) is 1. The van der Waals surface area contributed by atoms with E-state index in [1.54, 1.807) is 43.0 Å². The lowest BCUT2D eigenvalue weighted by Crippen LogP contribution is -2.53. The van der Waals surface area contributed by atoms with Gasteiger partial charge in [0.25, 0.3) is 11.8 Å². The number of para-hydroxylation sites is 1. The van der Waals surface area contributed by atoms with Crippen LogP contribution in [0.4, 0.5) is 10.8 Å². The van der Waals surface area contributed by atoms with E-state index < -0.39 is 28.8 Å². The van der Waals surface area contributed by atoms with Crippen LogP contribution in [0.1, 0.15) is 66.2 Å². The summed E-state index contributed by atoms with van der Waals surface area (Å²) in [6.07, 6.45) is 0. The number of hydrogen-bond acceptors (Lipinski definition) is 8. The molecule has 3 aromatic carbocycles. The zero-order valence-corrected chi connectivity index (χ0v) is 26.2. The third kappa shape index (κ3) is 4.01. The molecule has 1 unspecified atom stereocenters. The third-order valence-corrected chi connectivity index (χ3v) is 9.72. The normalized spacial score (nSPS) is 17.0. The second-order valence-corrected chi connectivity index (χ2v) is 12.4. The van der Waals surface area contributed by atoms with Gasteiger partial charge in [0, 0.05) is 5.56 Å². The summed E-state index contributed by atoms with van der Waals surface area (Å²) in [5.41, 5.74) is 2.86. The Morgan fingerprint density at radius 3 is 2.49 bits per heavy atom. The lowest BCUT2D eigenvalue weighted by molar-refractivity contribution is -0.121. The molecular formula is C35H29N3O6S. The number of thiazole rings is 1. The molecule has 5 aromatic rings. The van der Waals surface area contributed by atoms with Crippen molar-refractivity contribution < 1.29 is 23.5 Å². The monoisotopic (exact) mass is 619 g/mol. The summed E-state index contributed by atoms with van der Waals surface area (Å²) in [7, 11) is 0. The largest absolute Gasteiger partial charge is 0.462 e. The van der Waals surface area contributed by atoms with Gasteiger partial charge in [-0.1, -0.05) is 59.4 Å². The average molecular weight is 620 g/mol. The fourth-order valence-corrected chi connectivity index (χ4v) is 7.44. The van der Waals surface area contributed by atoms with Crippen LogP contribution in [0.3, 0.4) is 0 Å². The highest BCUT2D eigenvalue weighted by atomic mass is 32.1. The Bertz CT molecular complexity index is 2160. The number of aromatic nitrogens is 1. The summed E-state index contributed by atoms with van der Waals surface area (Å²) in [6, 6.07) is 18.5. The molecule has 2 aliphatic rings. The number of benzene rings is 3. The Morgan fingerprint density at radius 1 is 0.978 bits per heavy atom. The van der Waals surface area contributed by atoms with Gasteiger partial charge < -0.3 is 14.1 Å². The molecule has 9 nitrogen and oxygen atoms in total. The molecule has 0 radical (unpaired) electrons. The number of aryl methyl sites for hydroxylation is 4. The van der Waals surface area contributed by atoms with Crippen LogP contribution in [-0.2, 0) is 21.6 Å². The van der Waals surface area contributed by atoms with Crippen LogP contribution in [0.25, 0.3) is 11.0 Å². The number of esters is 1. The molecule has 0 saturated carbocycles. The molecule has 2 aromatic heterocycles. The molecule has 1 spiro atoms. The van der Waals surface area contributed by atoms with E-state index in [2.05, 4.69) is 4.98 Å².